The molecule has 1 unspecified atom stereocenters. The first-order valence-electron chi connectivity index (χ1n) is 6.64. The van der Waals surface area contributed by atoms with Crippen LogP contribution in [-0.4, -0.2) is 30.6 Å². The van der Waals surface area contributed by atoms with Crippen LogP contribution in [0.5, 0.6) is 0 Å². The van der Waals surface area contributed by atoms with Crippen molar-refractivity contribution in [3.63, 3.8) is 0 Å². The molecule has 1 aromatic carbocycles. The van der Waals surface area contributed by atoms with Gasteiger partial charge in [0, 0.05) is 18.3 Å². The monoisotopic (exact) mass is 267 g/mol. The fraction of sp³-hybridized carbons (Fsp3) is 0.571. The van der Waals surface area contributed by atoms with E-state index in [9.17, 15) is 0 Å². The molecule has 2 rings (SSSR count). The highest BCUT2D eigenvalue weighted by Gasteiger charge is 2.19. The highest BCUT2D eigenvalue weighted by Crippen LogP contribution is 2.28. The molecule has 0 radical (unpaired) electrons. The van der Waals surface area contributed by atoms with Crippen molar-refractivity contribution >= 4 is 23.0 Å². The number of nitrogens with one attached hydrogen (secondary N) is 1. The summed E-state index contributed by atoms with van der Waals surface area (Å²) in [6, 6.07) is 4.39. The maximum absolute atomic E-state index is 6.08. The van der Waals surface area contributed by atoms with Gasteiger partial charge in [0.2, 0.25) is 0 Å². The van der Waals surface area contributed by atoms with Crippen LogP contribution in [0.25, 0.3) is 0 Å². The van der Waals surface area contributed by atoms with Crippen LogP contribution in [0.1, 0.15) is 25.3 Å². The number of nitrogens with zero attached hydrogens (tertiary/aromatic N) is 1. The van der Waals surface area contributed by atoms with Crippen molar-refractivity contribution < 1.29 is 0 Å². The first kappa shape index (κ1) is 13.5. The van der Waals surface area contributed by atoms with Crippen molar-refractivity contribution in [1.82, 2.24) is 4.90 Å². The summed E-state index contributed by atoms with van der Waals surface area (Å²) < 4.78 is 0. The van der Waals surface area contributed by atoms with Gasteiger partial charge in [-0.05, 0) is 50.6 Å². The maximum atomic E-state index is 6.08. The van der Waals surface area contributed by atoms with Gasteiger partial charge in [0.05, 0.1) is 10.7 Å². The Morgan fingerprint density at radius 3 is 3.00 bits per heavy atom. The SMILES string of the molecule is CCN1CCCC(Nc2cc(Cl)c(N)cc2C)C1. The molecule has 0 bridgehead atoms. The summed E-state index contributed by atoms with van der Waals surface area (Å²) in [5, 5.41) is 4.23. The smallest absolute Gasteiger partial charge is 0.0656 e. The Bertz CT molecular complexity index is 420. The molecule has 0 amide bonds. The zero-order valence-corrected chi connectivity index (χ0v) is 11.9. The molecule has 0 saturated carbocycles. The van der Waals surface area contributed by atoms with E-state index in [-0.39, 0.29) is 0 Å². The largest absolute Gasteiger partial charge is 0.398 e. The Hall–Kier alpha value is -0.930. The average Bonchev–Trinajstić information content (AvgIpc) is 2.36. The number of halogens is 1. The summed E-state index contributed by atoms with van der Waals surface area (Å²) in [6.07, 6.45) is 2.48. The van der Waals surface area contributed by atoms with Crippen molar-refractivity contribution in [1.29, 1.82) is 0 Å². The highest BCUT2D eigenvalue weighted by atomic mass is 35.5. The van der Waals surface area contributed by atoms with Crippen molar-refractivity contribution in [3.05, 3.63) is 22.7 Å². The molecule has 100 valence electrons. The Kier molecular flexibility index (Phi) is 4.36. The second-order valence-corrected chi connectivity index (χ2v) is 5.47. The normalized spacial score (nSPS) is 20.9. The van der Waals surface area contributed by atoms with Gasteiger partial charge in [0.15, 0.2) is 0 Å². The van der Waals surface area contributed by atoms with Crippen LogP contribution in [0.15, 0.2) is 12.1 Å². The maximum Gasteiger partial charge on any atom is 0.0656 e. The summed E-state index contributed by atoms with van der Waals surface area (Å²) in [5.41, 5.74) is 8.72. The van der Waals surface area contributed by atoms with Gasteiger partial charge in [-0.25, -0.2) is 0 Å². The lowest BCUT2D eigenvalue weighted by atomic mass is 10.0. The van der Waals surface area contributed by atoms with Gasteiger partial charge in [0.25, 0.3) is 0 Å². The zero-order chi connectivity index (χ0) is 13.1. The molecule has 1 heterocycles. The molecular weight excluding hydrogens is 246 g/mol. The van der Waals surface area contributed by atoms with E-state index in [0.29, 0.717) is 16.8 Å². The van der Waals surface area contributed by atoms with Crippen LogP contribution in [0.3, 0.4) is 0 Å². The molecule has 0 aliphatic carbocycles. The highest BCUT2D eigenvalue weighted by molar-refractivity contribution is 6.33. The number of hydrogen-bond donors (Lipinski definition) is 2. The number of likely N-dealkylation sites (tertiary alicyclic amines) is 1. The zero-order valence-electron chi connectivity index (χ0n) is 11.2. The molecule has 3 nitrogen and oxygen atoms in total. The first-order valence-corrected chi connectivity index (χ1v) is 7.02. The Morgan fingerprint density at radius 1 is 1.50 bits per heavy atom. The molecule has 1 saturated heterocycles. The van der Waals surface area contributed by atoms with Crippen LogP contribution in [0, 0.1) is 6.92 Å². The fourth-order valence-corrected chi connectivity index (χ4v) is 2.70. The summed E-state index contributed by atoms with van der Waals surface area (Å²) in [7, 11) is 0. The summed E-state index contributed by atoms with van der Waals surface area (Å²) in [4.78, 5) is 2.48. The molecular formula is C14H22ClN3. The van der Waals surface area contributed by atoms with Gasteiger partial charge >= 0.3 is 0 Å². The van der Waals surface area contributed by atoms with E-state index in [4.69, 9.17) is 17.3 Å². The number of likely N-dealkylation sites (N-methyl/N-ethyl adjacent to an activating group) is 1. The number of piperidine rings is 1. The lowest BCUT2D eigenvalue weighted by Crippen LogP contribution is -2.41. The van der Waals surface area contributed by atoms with E-state index in [1.165, 1.54) is 19.4 Å². The Labute approximate surface area is 114 Å². The van der Waals surface area contributed by atoms with Crippen molar-refractivity contribution in [2.24, 2.45) is 0 Å². The minimum Gasteiger partial charge on any atom is -0.398 e. The van der Waals surface area contributed by atoms with Gasteiger partial charge in [-0.3, -0.25) is 0 Å². The van der Waals surface area contributed by atoms with Gasteiger partial charge < -0.3 is 16.0 Å². The lowest BCUT2D eigenvalue weighted by molar-refractivity contribution is 0.227. The Balaban J connectivity index is 2.07. The van der Waals surface area contributed by atoms with Gasteiger partial charge in [-0.15, -0.1) is 0 Å². The van der Waals surface area contributed by atoms with Gasteiger partial charge in [0.1, 0.15) is 0 Å². The second kappa shape index (κ2) is 5.81. The number of nitrogen functional groups attached to an aromatic ring is 1. The van der Waals surface area contributed by atoms with E-state index in [1.54, 1.807) is 0 Å². The second-order valence-electron chi connectivity index (χ2n) is 5.07. The molecule has 1 aliphatic rings. The molecule has 1 fully saturated rings. The van der Waals surface area contributed by atoms with Crippen LogP contribution in [0.4, 0.5) is 11.4 Å². The minimum atomic E-state index is 0.511. The number of aryl methyl sites for hydroxylation is 1. The third-order valence-electron chi connectivity index (χ3n) is 3.66. The third kappa shape index (κ3) is 3.09. The molecule has 0 spiro atoms. The lowest BCUT2D eigenvalue weighted by Gasteiger charge is -2.33. The quantitative estimate of drug-likeness (QED) is 0.827. The molecule has 1 atom stereocenters. The molecule has 0 aromatic heterocycles. The van der Waals surface area contributed by atoms with Crippen molar-refractivity contribution in [2.45, 2.75) is 32.7 Å². The molecule has 4 heteroatoms. The predicted octanol–water partition coefficient (Wildman–Crippen LogP) is 3.13. The molecule has 1 aromatic rings. The van der Waals surface area contributed by atoms with E-state index in [1.807, 2.05) is 12.1 Å². The fourth-order valence-electron chi connectivity index (χ4n) is 2.54. The van der Waals surface area contributed by atoms with E-state index >= 15 is 0 Å². The third-order valence-corrected chi connectivity index (χ3v) is 3.98. The van der Waals surface area contributed by atoms with E-state index in [0.717, 1.165) is 24.3 Å². The number of nitrogens with two attached hydrogens (primary N) is 1. The van der Waals surface area contributed by atoms with E-state index < -0.39 is 0 Å². The standard InChI is InChI=1S/C14H22ClN3/c1-3-18-6-4-5-11(9-18)17-14-8-12(15)13(16)7-10(14)2/h7-8,11,17H,3-6,9,16H2,1-2H3. The first-order chi connectivity index (χ1) is 8.60. The molecule has 18 heavy (non-hydrogen) atoms. The predicted molar refractivity (Wildman–Crippen MR) is 79.4 cm³/mol. The van der Waals surface area contributed by atoms with Crippen molar-refractivity contribution in [2.75, 3.05) is 30.7 Å². The number of hydrogen-bond acceptors (Lipinski definition) is 3. The molecule has 1 aliphatic heterocycles. The Morgan fingerprint density at radius 2 is 2.28 bits per heavy atom. The van der Waals surface area contributed by atoms with Crippen LogP contribution >= 0.6 is 11.6 Å². The number of anilines is 2. The number of rotatable bonds is 3. The summed E-state index contributed by atoms with van der Waals surface area (Å²) >= 11 is 6.08. The average molecular weight is 268 g/mol. The van der Waals surface area contributed by atoms with Crippen LogP contribution in [0.2, 0.25) is 5.02 Å². The topological polar surface area (TPSA) is 41.3 Å². The minimum absolute atomic E-state index is 0.511. The van der Waals surface area contributed by atoms with Crippen molar-refractivity contribution in [3.8, 4) is 0 Å². The van der Waals surface area contributed by atoms with Gasteiger partial charge in [-0.2, -0.15) is 0 Å². The van der Waals surface area contributed by atoms with Crippen LogP contribution in [-0.2, 0) is 0 Å². The molecule has 3 N–H and O–H groups in total. The van der Waals surface area contributed by atoms with Gasteiger partial charge in [-0.1, -0.05) is 18.5 Å². The van der Waals surface area contributed by atoms with E-state index in [2.05, 4.69) is 24.1 Å². The van der Waals surface area contributed by atoms with Crippen LogP contribution < -0.4 is 11.1 Å². The summed E-state index contributed by atoms with van der Waals surface area (Å²) in [5.74, 6) is 0. The number of benzene rings is 1. The summed E-state index contributed by atoms with van der Waals surface area (Å²) in [6.45, 7) is 7.73.